The lowest BCUT2D eigenvalue weighted by Gasteiger charge is -2.19. The fourth-order valence-electron chi connectivity index (χ4n) is 1.84. The lowest BCUT2D eigenvalue weighted by Crippen LogP contribution is -2.38. The molecule has 7 nitrogen and oxygen atoms in total. The van der Waals surface area contributed by atoms with E-state index in [9.17, 15) is 18.0 Å². The molecule has 2 aromatic rings. The van der Waals surface area contributed by atoms with Gasteiger partial charge in [0, 0.05) is 12.1 Å². The highest BCUT2D eigenvalue weighted by molar-refractivity contribution is 5.73. The van der Waals surface area contributed by atoms with E-state index in [1.807, 2.05) is 0 Å². The van der Waals surface area contributed by atoms with Gasteiger partial charge in [0.25, 0.3) is 0 Å². The van der Waals surface area contributed by atoms with E-state index < -0.39 is 18.1 Å². The van der Waals surface area contributed by atoms with Crippen LogP contribution in [-0.2, 0) is 17.6 Å². The van der Waals surface area contributed by atoms with E-state index in [1.165, 1.54) is 19.2 Å². The van der Waals surface area contributed by atoms with Gasteiger partial charge in [-0.15, -0.1) is 0 Å². The number of hydrogen-bond donors (Lipinski definition) is 1. The van der Waals surface area contributed by atoms with Crippen molar-refractivity contribution < 1.29 is 27.3 Å². The van der Waals surface area contributed by atoms with Crippen molar-refractivity contribution in [2.45, 2.75) is 19.6 Å². The van der Waals surface area contributed by atoms with Crippen molar-refractivity contribution in [1.29, 1.82) is 0 Å². The first-order valence-corrected chi connectivity index (χ1v) is 6.94. The summed E-state index contributed by atoms with van der Waals surface area (Å²) in [6.07, 6.45) is -4.68. The second-order valence-corrected chi connectivity index (χ2v) is 4.67. The Morgan fingerprint density at radius 2 is 2.00 bits per heavy atom. The molecular weight excluding hydrogens is 329 g/mol. The zero-order valence-electron chi connectivity index (χ0n) is 12.9. The number of hydrogen-bond acceptors (Lipinski definition) is 5. The van der Waals surface area contributed by atoms with E-state index in [-0.39, 0.29) is 12.4 Å². The van der Waals surface area contributed by atoms with Crippen LogP contribution < -0.4 is 5.32 Å². The van der Waals surface area contributed by atoms with E-state index in [4.69, 9.17) is 4.84 Å². The maximum atomic E-state index is 12.4. The van der Waals surface area contributed by atoms with Gasteiger partial charge < -0.3 is 9.84 Å². The van der Waals surface area contributed by atoms with Gasteiger partial charge >= 0.3 is 18.1 Å². The van der Waals surface area contributed by atoms with Crippen LogP contribution in [0.25, 0.3) is 11.4 Å². The molecule has 1 heterocycles. The first-order valence-electron chi connectivity index (χ1n) is 6.94. The van der Waals surface area contributed by atoms with E-state index in [0.717, 1.165) is 5.06 Å². The molecule has 0 saturated heterocycles. The highest BCUT2D eigenvalue weighted by Gasteiger charge is 2.38. The van der Waals surface area contributed by atoms with Crippen molar-refractivity contribution in [3.63, 3.8) is 0 Å². The van der Waals surface area contributed by atoms with Gasteiger partial charge in [0.05, 0.1) is 13.7 Å². The Morgan fingerprint density at radius 1 is 1.33 bits per heavy atom. The molecular formula is C14H15F3N4O3. The molecule has 2 rings (SSSR count). The molecule has 0 bridgehead atoms. The molecule has 10 heteroatoms. The van der Waals surface area contributed by atoms with Gasteiger partial charge in [0.2, 0.25) is 5.82 Å². The smallest absolute Gasteiger partial charge is 0.336 e. The second-order valence-electron chi connectivity index (χ2n) is 4.67. The number of rotatable bonds is 5. The number of nitrogens with zero attached hydrogens (tertiary/aromatic N) is 3. The zero-order valence-corrected chi connectivity index (χ0v) is 12.9. The summed E-state index contributed by atoms with van der Waals surface area (Å²) < 4.78 is 41.5. The summed E-state index contributed by atoms with van der Waals surface area (Å²) in [4.78, 5) is 20.0. The topological polar surface area (TPSA) is 80.5 Å². The van der Waals surface area contributed by atoms with Crippen LogP contribution in [0.2, 0.25) is 0 Å². The number of hydroxylamine groups is 2. The van der Waals surface area contributed by atoms with Gasteiger partial charge in [-0.05, 0) is 12.5 Å². The first-order chi connectivity index (χ1) is 11.3. The number of halogens is 3. The Hall–Kier alpha value is -2.62. The lowest BCUT2D eigenvalue weighted by molar-refractivity contribution is -0.159. The SMILES string of the molecule is CCNC(=O)N(Cc1ccc(-c2noc(C(F)(F)F)n2)cc1)OC. The molecule has 130 valence electrons. The molecule has 1 N–H and O–H groups in total. The van der Waals surface area contributed by atoms with E-state index in [2.05, 4.69) is 20.0 Å². The summed E-state index contributed by atoms with van der Waals surface area (Å²) in [6, 6.07) is 5.93. The highest BCUT2D eigenvalue weighted by atomic mass is 19.4. The van der Waals surface area contributed by atoms with Crippen molar-refractivity contribution in [3.8, 4) is 11.4 Å². The average molecular weight is 344 g/mol. The molecule has 0 unspecified atom stereocenters. The third-order valence-electron chi connectivity index (χ3n) is 2.98. The van der Waals surface area contributed by atoms with Gasteiger partial charge in [0.15, 0.2) is 0 Å². The van der Waals surface area contributed by atoms with Gasteiger partial charge in [-0.3, -0.25) is 4.84 Å². The second kappa shape index (κ2) is 7.30. The van der Waals surface area contributed by atoms with Crippen molar-refractivity contribution in [3.05, 3.63) is 35.7 Å². The van der Waals surface area contributed by atoms with Crippen LogP contribution in [0.4, 0.5) is 18.0 Å². The van der Waals surface area contributed by atoms with Crippen molar-refractivity contribution in [1.82, 2.24) is 20.5 Å². The number of amides is 2. The number of benzene rings is 1. The van der Waals surface area contributed by atoms with Gasteiger partial charge in [-0.1, -0.05) is 29.4 Å². The van der Waals surface area contributed by atoms with E-state index >= 15 is 0 Å². The standard InChI is InChI=1S/C14H15F3N4O3/c1-3-18-13(22)21(23-2)8-9-4-6-10(7-5-9)11-19-12(24-20-11)14(15,16)17/h4-7H,3,8H2,1-2H3,(H,18,22). The van der Waals surface area contributed by atoms with Crippen LogP contribution in [0.3, 0.4) is 0 Å². The summed E-state index contributed by atoms with van der Waals surface area (Å²) in [7, 11) is 1.36. The molecule has 0 aliphatic heterocycles. The van der Waals surface area contributed by atoms with Crippen LogP contribution >= 0.6 is 0 Å². The third-order valence-corrected chi connectivity index (χ3v) is 2.98. The molecule has 0 spiro atoms. The maximum Gasteiger partial charge on any atom is 0.471 e. The number of urea groups is 1. The van der Waals surface area contributed by atoms with E-state index in [0.29, 0.717) is 17.7 Å². The average Bonchev–Trinajstić information content (AvgIpc) is 3.03. The Bertz CT molecular complexity index is 685. The minimum Gasteiger partial charge on any atom is -0.336 e. The molecule has 24 heavy (non-hydrogen) atoms. The Kier molecular flexibility index (Phi) is 5.39. The molecule has 0 aliphatic rings. The third kappa shape index (κ3) is 4.22. The summed E-state index contributed by atoms with van der Waals surface area (Å²) in [5.74, 6) is -1.57. The largest absolute Gasteiger partial charge is 0.471 e. The fourth-order valence-corrected chi connectivity index (χ4v) is 1.84. The molecule has 2 amide bonds. The van der Waals surface area contributed by atoms with Gasteiger partial charge in [-0.2, -0.15) is 23.2 Å². The Labute approximate surface area is 135 Å². The summed E-state index contributed by atoms with van der Waals surface area (Å²) >= 11 is 0. The summed E-state index contributed by atoms with van der Waals surface area (Å²) in [6.45, 7) is 2.40. The molecule has 1 aromatic heterocycles. The van der Waals surface area contributed by atoms with E-state index in [1.54, 1.807) is 19.1 Å². The zero-order chi connectivity index (χ0) is 17.7. The number of alkyl halides is 3. The summed E-state index contributed by atoms with van der Waals surface area (Å²) in [5.41, 5.74) is 1.08. The lowest BCUT2D eigenvalue weighted by atomic mass is 10.1. The molecule has 1 aromatic carbocycles. The monoisotopic (exact) mass is 344 g/mol. The van der Waals surface area contributed by atoms with Crippen molar-refractivity contribution >= 4 is 6.03 Å². The van der Waals surface area contributed by atoms with Crippen molar-refractivity contribution in [2.24, 2.45) is 0 Å². The highest BCUT2D eigenvalue weighted by Crippen LogP contribution is 2.29. The molecule has 0 aliphatic carbocycles. The number of carbonyl (C=O) groups excluding carboxylic acids is 1. The summed E-state index contributed by atoms with van der Waals surface area (Å²) in [5, 5.41) is 7.02. The molecule has 0 atom stereocenters. The van der Waals surface area contributed by atoms with Gasteiger partial charge in [-0.25, -0.2) is 4.79 Å². The Balaban J connectivity index is 2.10. The van der Waals surface area contributed by atoms with Gasteiger partial charge in [0.1, 0.15) is 0 Å². The predicted molar refractivity (Wildman–Crippen MR) is 76.4 cm³/mol. The number of aromatic nitrogens is 2. The normalized spacial score (nSPS) is 11.4. The van der Waals surface area contributed by atoms with Crippen LogP contribution in [0.15, 0.2) is 28.8 Å². The fraction of sp³-hybridized carbons (Fsp3) is 0.357. The minimum atomic E-state index is -4.68. The quantitative estimate of drug-likeness (QED) is 0.844. The number of nitrogens with one attached hydrogen (secondary N) is 1. The molecule has 0 saturated carbocycles. The Morgan fingerprint density at radius 3 is 2.50 bits per heavy atom. The van der Waals surface area contributed by atoms with Crippen LogP contribution in [0, 0.1) is 0 Å². The maximum absolute atomic E-state index is 12.4. The van der Waals surface area contributed by atoms with Crippen LogP contribution in [-0.4, -0.2) is 34.9 Å². The minimum absolute atomic E-state index is 0.166. The predicted octanol–water partition coefficient (Wildman–Crippen LogP) is 2.85. The molecule has 0 radical (unpaired) electrons. The van der Waals surface area contributed by atoms with Crippen LogP contribution in [0.5, 0.6) is 0 Å². The molecule has 0 fully saturated rings. The van der Waals surface area contributed by atoms with Crippen LogP contribution in [0.1, 0.15) is 18.4 Å². The van der Waals surface area contributed by atoms with Crippen molar-refractivity contribution in [2.75, 3.05) is 13.7 Å². The first kappa shape index (κ1) is 17.7. The number of carbonyl (C=O) groups is 1.